The van der Waals surface area contributed by atoms with E-state index in [1.54, 1.807) is 26.4 Å². The van der Waals surface area contributed by atoms with Gasteiger partial charge in [-0.25, -0.2) is 0 Å². The first-order valence-electron chi connectivity index (χ1n) is 7.92. The Hall–Kier alpha value is -1.71. The molecular weight excluding hydrogens is 278 g/mol. The third-order valence-corrected chi connectivity index (χ3v) is 3.81. The van der Waals surface area contributed by atoms with Gasteiger partial charge in [0.05, 0.1) is 14.2 Å². The first-order chi connectivity index (χ1) is 10.4. The molecule has 1 aromatic rings. The normalized spacial score (nSPS) is 12.1. The molecule has 1 atom stereocenters. The largest absolute Gasteiger partial charge is 0.496 e. The zero-order valence-corrected chi connectivity index (χ0v) is 14.7. The van der Waals surface area contributed by atoms with Crippen molar-refractivity contribution in [2.75, 3.05) is 14.2 Å². The standard InChI is InChI=1S/C18H29NO3/c1-12(2)8-7-9-13(3)19-18(20)15-10-16(21-5)14(4)17(11-15)22-6/h10-13H,7-9H2,1-6H3,(H,19,20). The minimum Gasteiger partial charge on any atom is -0.496 e. The lowest BCUT2D eigenvalue weighted by atomic mass is 10.0. The van der Waals surface area contributed by atoms with Crippen LogP contribution in [0.1, 0.15) is 56.0 Å². The number of rotatable bonds is 8. The molecule has 1 aromatic carbocycles. The zero-order chi connectivity index (χ0) is 16.7. The van der Waals surface area contributed by atoms with Gasteiger partial charge in [0.25, 0.3) is 5.91 Å². The van der Waals surface area contributed by atoms with Crippen LogP contribution in [0, 0.1) is 12.8 Å². The molecule has 0 aliphatic carbocycles. The summed E-state index contributed by atoms with van der Waals surface area (Å²) in [5, 5.41) is 3.04. The monoisotopic (exact) mass is 307 g/mol. The van der Waals surface area contributed by atoms with Gasteiger partial charge in [-0.05, 0) is 38.3 Å². The summed E-state index contributed by atoms with van der Waals surface area (Å²) in [5.74, 6) is 1.94. The average molecular weight is 307 g/mol. The topological polar surface area (TPSA) is 47.6 Å². The second kappa shape index (κ2) is 8.66. The summed E-state index contributed by atoms with van der Waals surface area (Å²) in [6.07, 6.45) is 3.30. The molecular formula is C18H29NO3. The predicted molar refractivity (Wildman–Crippen MR) is 89.9 cm³/mol. The number of ether oxygens (including phenoxy) is 2. The minimum absolute atomic E-state index is 0.0892. The molecule has 22 heavy (non-hydrogen) atoms. The molecule has 0 heterocycles. The van der Waals surface area contributed by atoms with Gasteiger partial charge in [-0.2, -0.15) is 0 Å². The SMILES string of the molecule is COc1cc(C(=O)NC(C)CCCC(C)C)cc(OC)c1C. The number of carbonyl (C=O) groups excluding carboxylic acids is 1. The van der Waals surface area contributed by atoms with Crippen LogP contribution in [0.2, 0.25) is 0 Å². The molecule has 0 aliphatic heterocycles. The van der Waals surface area contributed by atoms with E-state index >= 15 is 0 Å². The lowest BCUT2D eigenvalue weighted by molar-refractivity contribution is 0.0937. The van der Waals surface area contributed by atoms with Crippen molar-refractivity contribution in [1.82, 2.24) is 5.32 Å². The molecule has 0 radical (unpaired) electrons. The Kier molecular flexibility index (Phi) is 7.22. The summed E-state index contributed by atoms with van der Waals surface area (Å²) >= 11 is 0. The highest BCUT2D eigenvalue weighted by atomic mass is 16.5. The summed E-state index contributed by atoms with van der Waals surface area (Å²) in [4.78, 5) is 12.4. The second-order valence-electron chi connectivity index (χ2n) is 6.21. The van der Waals surface area contributed by atoms with E-state index < -0.39 is 0 Å². The zero-order valence-electron chi connectivity index (χ0n) is 14.7. The van der Waals surface area contributed by atoms with E-state index in [0.717, 1.165) is 18.4 Å². The fourth-order valence-corrected chi connectivity index (χ4v) is 2.43. The first-order valence-corrected chi connectivity index (χ1v) is 7.92. The summed E-state index contributed by atoms with van der Waals surface area (Å²) in [6.45, 7) is 8.39. The van der Waals surface area contributed by atoms with Crippen LogP contribution in [-0.4, -0.2) is 26.2 Å². The van der Waals surface area contributed by atoms with Crippen molar-refractivity contribution in [1.29, 1.82) is 0 Å². The fraction of sp³-hybridized carbons (Fsp3) is 0.611. The summed E-state index contributed by atoms with van der Waals surface area (Å²) in [7, 11) is 3.19. The maximum absolute atomic E-state index is 12.4. The van der Waals surface area contributed by atoms with Gasteiger partial charge >= 0.3 is 0 Å². The highest BCUT2D eigenvalue weighted by molar-refractivity contribution is 5.95. The lowest BCUT2D eigenvalue weighted by Gasteiger charge is -2.16. The van der Waals surface area contributed by atoms with Gasteiger partial charge in [0.2, 0.25) is 0 Å². The molecule has 1 N–H and O–H groups in total. The van der Waals surface area contributed by atoms with E-state index in [1.165, 1.54) is 6.42 Å². The lowest BCUT2D eigenvalue weighted by Crippen LogP contribution is -2.32. The van der Waals surface area contributed by atoms with Crippen molar-refractivity contribution in [2.24, 2.45) is 5.92 Å². The second-order valence-corrected chi connectivity index (χ2v) is 6.21. The van der Waals surface area contributed by atoms with Gasteiger partial charge in [-0.15, -0.1) is 0 Å². The van der Waals surface area contributed by atoms with Gasteiger partial charge in [0, 0.05) is 17.2 Å². The van der Waals surface area contributed by atoms with Crippen LogP contribution in [-0.2, 0) is 0 Å². The van der Waals surface area contributed by atoms with Crippen LogP contribution >= 0.6 is 0 Å². The Labute approximate surface area is 134 Å². The Balaban J connectivity index is 2.72. The van der Waals surface area contributed by atoms with Crippen LogP contribution < -0.4 is 14.8 Å². The van der Waals surface area contributed by atoms with Gasteiger partial charge in [0.15, 0.2) is 0 Å². The van der Waals surface area contributed by atoms with Crippen LogP contribution in [0.4, 0.5) is 0 Å². The van der Waals surface area contributed by atoms with Crippen LogP contribution in [0.25, 0.3) is 0 Å². The van der Waals surface area contributed by atoms with E-state index in [2.05, 4.69) is 19.2 Å². The number of benzene rings is 1. The quantitative estimate of drug-likeness (QED) is 0.791. The van der Waals surface area contributed by atoms with E-state index in [1.807, 2.05) is 13.8 Å². The van der Waals surface area contributed by atoms with Crippen LogP contribution in [0.15, 0.2) is 12.1 Å². The summed E-state index contributed by atoms with van der Waals surface area (Å²) in [6, 6.07) is 3.67. The van der Waals surface area contributed by atoms with Crippen molar-refractivity contribution in [3.05, 3.63) is 23.3 Å². The maximum Gasteiger partial charge on any atom is 0.251 e. The predicted octanol–water partition coefficient (Wildman–Crippen LogP) is 3.96. The molecule has 124 valence electrons. The van der Waals surface area contributed by atoms with E-state index in [0.29, 0.717) is 23.0 Å². The van der Waals surface area contributed by atoms with Crippen molar-refractivity contribution in [3.8, 4) is 11.5 Å². The van der Waals surface area contributed by atoms with Gasteiger partial charge in [-0.1, -0.05) is 26.7 Å². The Bertz CT molecular complexity index is 472. The molecule has 0 spiro atoms. The van der Waals surface area contributed by atoms with Crippen molar-refractivity contribution in [2.45, 2.75) is 53.0 Å². The van der Waals surface area contributed by atoms with Gasteiger partial charge in [-0.3, -0.25) is 4.79 Å². The smallest absolute Gasteiger partial charge is 0.251 e. The number of nitrogens with one attached hydrogen (secondary N) is 1. The van der Waals surface area contributed by atoms with Gasteiger partial charge < -0.3 is 14.8 Å². The van der Waals surface area contributed by atoms with Crippen LogP contribution in [0.3, 0.4) is 0 Å². The van der Waals surface area contributed by atoms with Crippen LogP contribution in [0.5, 0.6) is 11.5 Å². The molecule has 0 aliphatic rings. The van der Waals surface area contributed by atoms with E-state index in [4.69, 9.17) is 9.47 Å². The third-order valence-electron chi connectivity index (χ3n) is 3.81. The number of hydrogen-bond donors (Lipinski definition) is 1. The number of methoxy groups -OCH3 is 2. The minimum atomic E-state index is -0.0892. The van der Waals surface area contributed by atoms with Crippen molar-refractivity contribution < 1.29 is 14.3 Å². The highest BCUT2D eigenvalue weighted by Gasteiger charge is 2.15. The number of amides is 1. The summed E-state index contributed by atoms with van der Waals surface area (Å²) in [5.41, 5.74) is 1.46. The maximum atomic E-state index is 12.4. The molecule has 1 rings (SSSR count). The Morgan fingerprint density at radius 3 is 2.09 bits per heavy atom. The molecule has 1 unspecified atom stereocenters. The molecule has 4 heteroatoms. The number of hydrogen-bond acceptors (Lipinski definition) is 3. The Morgan fingerprint density at radius 1 is 1.09 bits per heavy atom. The number of carbonyl (C=O) groups is 1. The van der Waals surface area contributed by atoms with E-state index in [-0.39, 0.29) is 11.9 Å². The molecule has 1 amide bonds. The third kappa shape index (κ3) is 5.24. The molecule has 0 fully saturated rings. The van der Waals surface area contributed by atoms with E-state index in [9.17, 15) is 4.79 Å². The molecule has 0 bridgehead atoms. The Morgan fingerprint density at radius 2 is 1.64 bits per heavy atom. The molecule has 4 nitrogen and oxygen atoms in total. The van der Waals surface area contributed by atoms with Gasteiger partial charge in [0.1, 0.15) is 11.5 Å². The van der Waals surface area contributed by atoms with Crippen molar-refractivity contribution >= 4 is 5.91 Å². The summed E-state index contributed by atoms with van der Waals surface area (Å²) < 4.78 is 10.6. The molecule has 0 saturated carbocycles. The fourth-order valence-electron chi connectivity index (χ4n) is 2.43. The molecule has 0 aromatic heterocycles. The average Bonchev–Trinajstić information content (AvgIpc) is 2.46. The van der Waals surface area contributed by atoms with Crippen molar-refractivity contribution in [3.63, 3.8) is 0 Å². The highest BCUT2D eigenvalue weighted by Crippen LogP contribution is 2.29. The first kappa shape index (κ1) is 18.3. The molecule has 0 saturated heterocycles.